The van der Waals surface area contributed by atoms with E-state index in [4.69, 9.17) is 4.74 Å². The van der Waals surface area contributed by atoms with Crippen LogP contribution in [0, 0.1) is 5.41 Å². The molecule has 1 saturated carbocycles. The van der Waals surface area contributed by atoms with E-state index in [0.29, 0.717) is 13.2 Å². The molecule has 1 aromatic carbocycles. The Bertz CT molecular complexity index is 693. The smallest absolute Gasteiger partial charge is 0.230 e. The predicted octanol–water partition coefficient (Wildman–Crippen LogP) is 1.91. The summed E-state index contributed by atoms with van der Waals surface area (Å²) < 4.78 is 5.83. The molecule has 30 heavy (non-hydrogen) atoms. The van der Waals surface area contributed by atoms with Crippen molar-refractivity contribution in [3.8, 4) is 5.75 Å². The molecular formula is C23H37N5O2. The van der Waals surface area contributed by atoms with Crippen LogP contribution >= 0.6 is 0 Å². The molecule has 1 aliphatic carbocycles. The molecule has 0 atom stereocenters. The monoisotopic (exact) mass is 415 g/mol. The lowest BCUT2D eigenvalue weighted by molar-refractivity contribution is -0.138. The van der Waals surface area contributed by atoms with Gasteiger partial charge in [0.1, 0.15) is 12.4 Å². The van der Waals surface area contributed by atoms with E-state index in [2.05, 4.69) is 20.1 Å². The van der Waals surface area contributed by atoms with Crippen molar-refractivity contribution < 1.29 is 9.53 Å². The van der Waals surface area contributed by atoms with Crippen LogP contribution in [-0.2, 0) is 4.79 Å². The van der Waals surface area contributed by atoms with Crippen molar-refractivity contribution in [1.29, 1.82) is 0 Å². The molecule has 2 aliphatic rings. The summed E-state index contributed by atoms with van der Waals surface area (Å²) in [4.78, 5) is 23.8. The lowest BCUT2D eigenvalue weighted by atomic mass is 9.84. The van der Waals surface area contributed by atoms with E-state index >= 15 is 0 Å². The van der Waals surface area contributed by atoms with Gasteiger partial charge in [0.2, 0.25) is 5.91 Å². The summed E-state index contributed by atoms with van der Waals surface area (Å²) in [5.41, 5.74) is -0.282. The van der Waals surface area contributed by atoms with Crippen molar-refractivity contribution in [1.82, 2.24) is 20.0 Å². The second-order valence-corrected chi connectivity index (χ2v) is 8.58. The summed E-state index contributed by atoms with van der Waals surface area (Å²) >= 11 is 0. The number of amides is 1. The summed E-state index contributed by atoms with van der Waals surface area (Å²) in [6.45, 7) is 6.13. The highest BCUT2D eigenvalue weighted by atomic mass is 16.5. The number of nitrogens with zero attached hydrogens (tertiary/aromatic N) is 4. The number of aliphatic imine (C=N–C) groups is 1. The van der Waals surface area contributed by atoms with Crippen LogP contribution in [0.5, 0.6) is 5.75 Å². The van der Waals surface area contributed by atoms with Gasteiger partial charge in [-0.05, 0) is 25.0 Å². The highest BCUT2D eigenvalue weighted by molar-refractivity contribution is 5.85. The van der Waals surface area contributed by atoms with E-state index in [1.807, 2.05) is 51.5 Å². The summed E-state index contributed by atoms with van der Waals surface area (Å²) in [5.74, 6) is 2.08. The van der Waals surface area contributed by atoms with Gasteiger partial charge in [-0.25, -0.2) is 0 Å². The van der Waals surface area contributed by atoms with E-state index in [9.17, 15) is 4.79 Å². The fraction of sp³-hybridized carbons (Fsp3) is 0.652. The number of carbonyl (C=O) groups excluding carboxylic acids is 1. The van der Waals surface area contributed by atoms with Gasteiger partial charge in [0.15, 0.2) is 5.96 Å². The SMILES string of the molecule is CN=C(NCC1(C(=O)N(C)C)CCCC1)N1CCN(CCOc2ccccc2)CC1. The van der Waals surface area contributed by atoms with E-state index in [-0.39, 0.29) is 11.3 Å². The van der Waals surface area contributed by atoms with E-state index in [1.165, 1.54) is 0 Å². The minimum atomic E-state index is -0.282. The molecule has 1 aliphatic heterocycles. The number of ether oxygens (including phenoxy) is 1. The molecule has 0 bridgehead atoms. The molecule has 0 radical (unpaired) electrons. The van der Waals surface area contributed by atoms with Gasteiger partial charge in [-0.15, -0.1) is 0 Å². The quantitative estimate of drug-likeness (QED) is 0.545. The molecule has 3 rings (SSSR count). The second-order valence-electron chi connectivity index (χ2n) is 8.58. The first kappa shape index (κ1) is 22.4. The maximum absolute atomic E-state index is 12.8. The van der Waals surface area contributed by atoms with Crippen molar-refractivity contribution >= 4 is 11.9 Å². The Labute approximate surface area is 181 Å². The highest BCUT2D eigenvalue weighted by Crippen LogP contribution is 2.39. The van der Waals surface area contributed by atoms with Crippen LogP contribution < -0.4 is 10.1 Å². The summed E-state index contributed by atoms with van der Waals surface area (Å²) in [6, 6.07) is 9.97. The van der Waals surface area contributed by atoms with Gasteiger partial charge < -0.3 is 19.9 Å². The maximum Gasteiger partial charge on any atom is 0.230 e. The molecule has 7 nitrogen and oxygen atoms in total. The van der Waals surface area contributed by atoms with Crippen molar-refractivity contribution in [2.24, 2.45) is 10.4 Å². The summed E-state index contributed by atoms with van der Waals surface area (Å²) in [5, 5.41) is 3.52. The Hall–Kier alpha value is -2.28. The van der Waals surface area contributed by atoms with Gasteiger partial charge in [-0.1, -0.05) is 31.0 Å². The number of para-hydroxylation sites is 1. The van der Waals surface area contributed by atoms with Crippen LogP contribution in [-0.4, -0.2) is 93.6 Å². The molecule has 1 aromatic rings. The third-order valence-corrected chi connectivity index (χ3v) is 6.31. The summed E-state index contributed by atoms with van der Waals surface area (Å²) in [7, 11) is 5.55. The van der Waals surface area contributed by atoms with Gasteiger partial charge >= 0.3 is 0 Å². The van der Waals surface area contributed by atoms with Crippen LogP contribution in [0.4, 0.5) is 0 Å². The standard InChI is InChI=1S/C23H37N5O2/c1-24-22(25-19-23(11-7-8-12-23)21(29)26(2)3)28-15-13-27(14-16-28)17-18-30-20-9-5-4-6-10-20/h4-6,9-10H,7-8,11-19H2,1-3H3,(H,24,25). The zero-order valence-corrected chi connectivity index (χ0v) is 18.8. The van der Waals surface area contributed by atoms with Crippen LogP contribution in [0.1, 0.15) is 25.7 Å². The highest BCUT2D eigenvalue weighted by Gasteiger charge is 2.42. The van der Waals surface area contributed by atoms with Crippen LogP contribution in [0.25, 0.3) is 0 Å². The molecule has 1 amide bonds. The number of hydrogen-bond donors (Lipinski definition) is 1. The number of guanidine groups is 1. The van der Waals surface area contributed by atoms with Crippen molar-refractivity contribution in [3.05, 3.63) is 30.3 Å². The van der Waals surface area contributed by atoms with Gasteiger partial charge in [-0.2, -0.15) is 0 Å². The largest absolute Gasteiger partial charge is 0.492 e. The zero-order chi connectivity index (χ0) is 21.4. The maximum atomic E-state index is 12.8. The van der Waals surface area contributed by atoms with Crippen molar-refractivity contribution in [2.45, 2.75) is 25.7 Å². The van der Waals surface area contributed by atoms with Crippen molar-refractivity contribution in [2.75, 3.05) is 67.0 Å². The molecule has 0 aromatic heterocycles. The zero-order valence-electron chi connectivity index (χ0n) is 18.8. The fourth-order valence-corrected chi connectivity index (χ4v) is 4.57. The number of nitrogens with one attached hydrogen (secondary N) is 1. The lowest BCUT2D eigenvalue weighted by Crippen LogP contribution is -2.55. The van der Waals surface area contributed by atoms with E-state index in [1.54, 1.807) is 4.90 Å². The minimum Gasteiger partial charge on any atom is -0.492 e. The first-order valence-electron chi connectivity index (χ1n) is 11.1. The first-order chi connectivity index (χ1) is 14.5. The van der Waals surface area contributed by atoms with Crippen LogP contribution in [0.15, 0.2) is 35.3 Å². The molecule has 0 unspecified atom stereocenters. The van der Waals surface area contributed by atoms with Gasteiger partial charge in [-0.3, -0.25) is 14.7 Å². The Kier molecular flexibility index (Phi) is 7.96. The van der Waals surface area contributed by atoms with Crippen molar-refractivity contribution in [3.63, 3.8) is 0 Å². The number of carbonyl (C=O) groups is 1. The van der Waals surface area contributed by atoms with E-state index in [0.717, 1.165) is 70.1 Å². The molecule has 166 valence electrons. The molecule has 1 heterocycles. The molecule has 0 spiro atoms. The molecule has 2 fully saturated rings. The Balaban J connectivity index is 1.44. The summed E-state index contributed by atoms with van der Waals surface area (Å²) in [6.07, 6.45) is 4.18. The minimum absolute atomic E-state index is 0.242. The molecule has 1 saturated heterocycles. The van der Waals surface area contributed by atoms with Crippen LogP contribution in [0.3, 0.4) is 0 Å². The number of benzene rings is 1. The number of rotatable bonds is 7. The topological polar surface area (TPSA) is 60.4 Å². The molecule has 7 heteroatoms. The Morgan fingerprint density at radius 1 is 1.13 bits per heavy atom. The Morgan fingerprint density at radius 3 is 2.40 bits per heavy atom. The fourth-order valence-electron chi connectivity index (χ4n) is 4.57. The third-order valence-electron chi connectivity index (χ3n) is 6.31. The first-order valence-corrected chi connectivity index (χ1v) is 11.1. The van der Waals surface area contributed by atoms with Gasteiger partial charge in [0, 0.05) is 60.4 Å². The normalized spacial score (nSPS) is 19.6. The van der Waals surface area contributed by atoms with Gasteiger partial charge in [0.05, 0.1) is 5.41 Å². The lowest BCUT2D eigenvalue weighted by Gasteiger charge is -2.38. The average molecular weight is 416 g/mol. The second kappa shape index (κ2) is 10.7. The molecular weight excluding hydrogens is 378 g/mol. The van der Waals surface area contributed by atoms with E-state index < -0.39 is 0 Å². The number of piperazine rings is 1. The Morgan fingerprint density at radius 2 is 1.80 bits per heavy atom. The van der Waals surface area contributed by atoms with Crippen LogP contribution in [0.2, 0.25) is 0 Å². The number of hydrogen-bond acceptors (Lipinski definition) is 4. The van der Waals surface area contributed by atoms with Gasteiger partial charge in [0.25, 0.3) is 0 Å². The predicted molar refractivity (Wildman–Crippen MR) is 121 cm³/mol. The average Bonchev–Trinajstić information content (AvgIpc) is 3.25. The third kappa shape index (κ3) is 5.65. The molecule has 1 N–H and O–H groups in total.